The number of aryl methyl sites for hydroxylation is 1. The molecule has 6 aliphatic carbocycles. The minimum Gasteiger partial charge on any atom is -0.310 e. The van der Waals surface area contributed by atoms with Crippen LogP contribution in [0.5, 0.6) is 0 Å². The second-order valence-corrected chi connectivity index (χ2v) is 20.3. The number of halogens is 1. The number of rotatable bonds is 6. The summed E-state index contributed by atoms with van der Waals surface area (Å²) >= 11 is 0. The SMILES string of the molecule is Cc1ccccc1-c1ccc(N(c2ccc(-c3ccccc3)cc2)c2ccc3c(c2)C(C)(C)c2cc(-c4ccc(F)c5c4C4(c6ccccc6-5)C5CC6CC(C5)CC4C6)ccc2-3)cc1. The molecule has 0 amide bonds. The zero-order valence-electron chi connectivity index (χ0n) is 36.9. The van der Waals surface area contributed by atoms with E-state index >= 15 is 4.39 Å². The van der Waals surface area contributed by atoms with Gasteiger partial charge in [-0.3, -0.25) is 0 Å². The molecule has 1 spiro atoms. The lowest BCUT2D eigenvalue weighted by molar-refractivity contribution is -0.0397. The van der Waals surface area contributed by atoms with Gasteiger partial charge in [-0.1, -0.05) is 141 Å². The van der Waals surface area contributed by atoms with Crippen molar-refractivity contribution in [1.29, 1.82) is 0 Å². The molecule has 0 aliphatic heterocycles. The molecule has 14 rings (SSSR count). The van der Waals surface area contributed by atoms with Crippen LogP contribution in [0.2, 0.25) is 0 Å². The number of benzene rings is 8. The molecular weight excluding hydrogens is 778 g/mol. The lowest BCUT2D eigenvalue weighted by Crippen LogP contribution is -2.55. The maximum absolute atomic E-state index is 16.5. The second-order valence-electron chi connectivity index (χ2n) is 20.3. The lowest BCUT2D eigenvalue weighted by atomic mass is 9.42. The summed E-state index contributed by atoms with van der Waals surface area (Å²) in [5, 5.41) is 0. The van der Waals surface area contributed by atoms with Crippen LogP contribution in [0.4, 0.5) is 21.5 Å². The number of fused-ring (bicyclic) bond motifs is 6. The van der Waals surface area contributed by atoms with Gasteiger partial charge in [-0.15, -0.1) is 0 Å². The Labute approximate surface area is 377 Å². The van der Waals surface area contributed by atoms with Gasteiger partial charge in [-0.05, 0) is 189 Å². The maximum Gasteiger partial charge on any atom is 0.131 e. The Kier molecular flexibility index (Phi) is 8.31. The molecule has 0 aromatic heterocycles. The molecule has 64 heavy (non-hydrogen) atoms. The highest BCUT2D eigenvalue weighted by molar-refractivity contribution is 5.92. The Balaban J connectivity index is 0.917. The molecule has 4 bridgehead atoms. The van der Waals surface area contributed by atoms with E-state index in [-0.39, 0.29) is 16.6 Å². The van der Waals surface area contributed by atoms with E-state index in [9.17, 15) is 0 Å². The molecule has 0 heterocycles. The standard InChI is InChI=1S/C62H52FN/c1-38-11-7-8-14-50(38)43-19-24-48(25-20-43)64(47-22-17-42(18-23-47)41-12-5-4-6-13-41)49-26-28-53-52-27-21-44(36-56(52)61(2,3)57(53)37-49)51-29-30-58(63)59-54-15-9-10-16-55(54)62(60(51)59)45-32-39-31-40(34-45)35-46(62)33-39/h4-30,36-37,39-40,45-46H,31-35H2,1-3H3. The van der Waals surface area contributed by atoms with Gasteiger partial charge in [-0.25, -0.2) is 4.39 Å². The van der Waals surface area contributed by atoms with Crippen molar-refractivity contribution in [1.82, 2.24) is 0 Å². The highest BCUT2D eigenvalue weighted by Crippen LogP contribution is 2.71. The summed E-state index contributed by atoms with van der Waals surface area (Å²) in [6.07, 6.45) is 6.49. The zero-order valence-corrected chi connectivity index (χ0v) is 36.9. The van der Waals surface area contributed by atoms with E-state index in [1.807, 2.05) is 0 Å². The molecule has 4 fully saturated rings. The highest BCUT2D eigenvalue weighted by Gasteiger charge is 2.62. The Morgan fingerprint density at radius 3 is 1.66 bits per heavy atom. The molecule has 1 nitrogen and oxygen atoms in total. The third kappa shape index (κ3) is 5.41. The number of nitrogens with zero attached hydrogens (tertiary/aromatic N) is 1. The Morgan fingerprint density at radius 1 is 0.438 bits per heavy atom. The van der Waals surface area contributed by atoms with E-state index in [4.69, 9.17) is 0 Å². The van der Waals surface area contributed by atoms with E-state index in [1.54, 1.807) is 6.07 Å². The molecule has 4 saturated carbocycles. The van der Waals surface area contributed by atoms with Crippen LogP contribution in [-0.4, -0.2) is 0 Å². The van der Waals surface area contributed by atoms with Crippen LogP contribution >= 0.6 is 0 Å². The van der Waals surface area contributed by atoms with Crippen molar-refractivity contribution in [2.45, 2.75) is 63.7 Å². The first kappa shape index (κ1) is 38.0. The van der Waals surface area contributed by atoms with Crippen molar-refractivity contribution in [3.8, 4) is 55.6 Å². The van der Waals surface area contributed by atoms with Gasteiger partial charge < -0.3 is 4.90 Å². The second kappa shape index (κ2) is 14.0. The van der Waals surface area contributed by atoms with Crippen molar-refractivity contribution in [3.63, 3.8) is 0 Å². The van der Waals surface area contributed by atoms with E-state index < -0.39 is 0 Å². The number of anilines is 3. The van der Waals surface area contributed by atoms with Gasteiger partial charge in [0, 0.05) is 33.5 Å². The summed E-state index contributed by atoms with van der Waals surface area (Å²) in [7, 11) is 0. The van der Waals surface area contributed by atoms with Crippen LogP contribution in [-0.2, 0) is 10.8 Å². The fourth-order valence-corrected chi connectivity index (χ4v) is 14.1. The molecule has 0 saturated heterocycles. The van der Waals surface area contributed by atoms with Gasteiger partial charge in [0.1, 0.15) is 5.82 Å². The molecule has 6 aliphatic rings. The number of hydrogen-bond acceptors (Lipinski definition) is 1. The Hall–Kier alpha value is -6.51. The molecule has 0 unspecified atom stereocenters. The Bertz CT molecular complexity index is 3130. The van der Waals surface area contributed by atoms with Gasteiger partial charge in [0.15, 0.2) is 0 Å². The highest BCUT2D eigenvalue weighted by atomic mass is 19.1. The third-order valence-corrected chi connectivity index (χ3v) is 16.7. The smallest absolute Gasteiger partial charge is 0.131 e. The quantitative estimate of drug-likeness (QED) is 0.161. The molecule has 0 radical (unpaired) electrons. The van der Waals surface area contributed by atoms with Gasteiger partial charge in [0.05, 0.1) is 0 Å². The molecule has 312 valence electrons. The minimum atomic E-state index is -0.263. The van der Waals surface area contributed by atoms with Crippen molar-refractivity contribution in [2.75, 3.05) is 4.90 Å². The monoisotopic (exact) mass is 829 g/mol. The van der Waals surface area contributed by atoms with E-state index in [2.05, 4.69) is 196 Å². The van der Waals surface area contributed by atoms with Gasteiger partial charge in [-0.2, -0.15) is 0 Å². The molecule has 0 N–H and O–H groups in total. The predicted octanol–water partition coefficient (Wildman–Crippen LogP) is 16.6. The molecule has 8 aromatic rings. The van der Waals surface area contributed by atoms with Crippen molar-refractivity contribution >= 4 is 17.1 Å². The van der Waals surface area contributed by atoms with E-state index in [0.717, 1.165) is 40.0 Å². The fraction of sp³-hybridized carbons (Fsp3) is 0.226. The summed E-state index contributed by atoms with van der Waals surface area (Å²) < 4.78 is 16.5. The van der Waals surface area contributed by atoms with Crippen LogP contribution in [0, 0.1) is 36.4 Å². The maximum atomic E-state index is 16.5. The van der Waals surface area contributed by atoms with Crippen LogP contribution in [0.1, 0.15) is 73.8 Å². The summed E-state index contributed by atoms with van der Waals surface area (Å²) in [4.78, 5) is 2.41. The average Bonchev–Trinajstić information content (AvgIpc) is 3.75. The van der Waals surface area contributed by atoms with Gasteiger partial charge >= 0.3 is 0 Å². The number of hydrogen-bond donors (Lipinski definition) is 0. The summed E-state index contributed by atoms with van der Waals surface area (Å²) in [6.45, 7) is 6.97. The zero-order chi connectivity index (χ0) is 42.9. The van der Waals surface area contributed by atoms with Crippen LogP contribution in [0.15, 0.2) is 176 Å². The Morgan fingerprint density at radius 2 is 0.969 bits per heavy atom. The van der Waals surface area contributed by atoms with Crippen LogP contribution < -0.4 is 4.90 Å². The van der Waals surface area contributed by atoms with Crippen molar-refractivity contribution < 1.29 is 4.39 Å². The first-order chi connectivity index (χ1) is 31.3. The van der Waals surface area contributed by atoms with Crippen molar-refractivity contribution in [2.24, 2.45) is 23.7 Å². The van der Waals surface area contributed by atoms with E-state index in [0.29, 0.717) is 11.8 Å². The minimum absolute atomic E-state index is 0.0672. The normalized spacial score (nSPS) is 22.6. The lowest BCUT2D eigenvalue weighted by Gasteiger charge is -2.61. The van der Waals surface area contributed by atoms with Crippen LogP contribution in [0.25, 0.3) is 55.6 Å². The first-order valence-electron chi connectivity index (χ1n) is 23.6. The van der Waals surface area contributed by atoms with Crippen LogP contribution in [0.3, 0.4) is 0 Å². The topological polar surface area (TPSA) is 3.24 Å². The third-order valence-electron chi connectivity index (χ3n) is 16.7. The summed E-state index contributed by atoms with van der Waals surface area (Å²) in [6, 6.07) is 64.3. The average molecular weight is 830 g/mol. The van der Waals surface area contributed by atoms with Gasteiger partial charge in [0.25, 0.3) is 0 Å². The van der Waals surface area contributed by atoms with E-state index in [1.165, 1.54) is 104 Å². The molecular formula is C62H52FN. The summed E-state index contributed by atoms with van der Waals surface area (Å²) in [5.41, 5.74) is 21.5. The molecule has 0 atom stereocenters. The fourth-order valence-electron chi connectivity index (χ4n) is 14.1. The summed E-state index contributed by atoms with van der Waals surface area (Å²) in [5.74, 6) is 2.72. The predicted molar refractivity (Wildman–Crippen MR) is 263 cm³/mol. The first-order valence-corrected chi connectivity index (χ1v) is 23.6. The van der Waals surface area contributed by atoms with Gasteiger partial charge in [0.2, 0.25) is 0 Å². The molecule has 2 heteroatoms. The largest absolute Gasteiger partial charge is 0.310 e. The van der Waals surface area contributed by atoms with Crippen molar-refractivity contribution in [3.05, 3.63) is 210 Å². The molecule has 8 aromatic carbocycles.